The summed E-state index contributed by atoms with van der Waals surface area (Å²) in [6, 6.07) is 10.6. The van der Waals surface area contributed by atoms with Gasteiger partial charge in [0.2, 0.25) is 0 Å². The Kier molecular flexibility index (Phi) is 5.81. The van der Waals surface area contributed by atoms with Crippen molar-refractivity contribution in [1.29, 1.82) is 0 Å². The number of benzene rings is 1. The van der Waals surface area contributed by atoms with E-state index >= 15 is 0 Å². The van der Waals surface area contributed by atoms with Crippen molar-refractivity contribution in [1.82, 2.24) is 5.32 Å². The first-order valence-corrected chi connectivity index (χ1v) is 5.81. The van der Waals surface area contributed by atoms with Gasteiger partial charge in [-0.15, -0.1) is 12.4 Å². The Labute approximate surface area is 103 Å². The van der Waals surface area contributed by atoms with Crippen molar-refractivity contribution in [2.75, 3.05) is 0 Å². The minimum atomic E-state index is -0.150. The Morgan fingerprint density at radius 3 is 2.50 bits per heavy atom. The van der Waals surface area contributed by atoms with Crippen molar-refractivity contribution in [3.05, 3.63) is 35.9 Å². The maximum atomic E-state index is 9.78. The van der Waals surface area contributed by atoms with Crippen LogP contribution in [0.1, 0.15) is 31.2 Å². The normalized spacial score (nSPS) is 24.8. The van der Waals surface area contributed by atoms with E-state index in [4.69, 9.17) is 0 Å². The second kappa shape index (κ2) is 6.89. The number of hydrogen-bond donors (Lipinski definition) is 2. The van der Waals surface area contributed by atoms with Crippen LogP contribution < -0.4 is 5.32 Å². The topological polar surface area (TPSA) is 32.3 Å². The molecule has 0 unspecified atom stereocenters. The van der Waals surface area contributed by atoms with Gasteiger partial charge in [0, 0.05) is 12.6 Å². The van der Waals surface area contributed by atoms with E-state index in [1.165, 1.54) is 18.4 Å². The van der Waals surface area contributed by atoms with Crippen LogP contribution in [0, 0.1) is 0 Å². The molecular formula is C13H20ClNO. The quantitative estimate of drug-likeness (QED) is 0.852. The van der Waals surface area contributed by atoms with Crippen LogP contribution in [0.5, 0.6) is 0 Å². The summed E-state index contributed by atoms with van der Waals surface area (Å²) >= 11 is 0. The molecule has 1 fully saturated rings. The van der Waals surface area contributed by atoms with Gasteiger partial charge >= 0.3 is 0 Å². The number of aliphatic hydroxyl groups excluding tert-OH is 1. The van der Waals surface area contributed by atoms with E-state index < -0.39 is 0 Å². The molecule has 0 aliphatic heterocycles. The molecule has 3 heteroatoms. The van der Waals surface area contributed by atoms with E-state index in [9.17, 15) is 5.11 Å². The molecule has 2 N–H and O–H groups in total. The highest BCUT2D eigenvalue weighted by molar-refractivity contribution is 5.85. The van der Waals surface area contributed by atoms with E-state index in [0.717, 1.165) is 19.4 Å². The van der Waals surface area contributed by atoms with Gasteiger partial charge in [-0.25, -0.2) is 0 Å². The molecule has 0 saturated heterocycles. The van der Waals surface area contributed by atoms with Gasteiger partial charge < -0.3 is 10.4 Å². The molecule has 1 aromatic carbocycles. The fourth-order valence-corrected chi connectivity index (χ4v) is 2.19. The van der Waals surface area contributed by atoms with Crippen molar-refractivity contribution in [2.24, 2.45) is 0 Å². The number of aliphatic hydroxyl groups is 1. The first kappa shape index (κ1) is 13.5. The van der Waals surface area contributed by atoms with Crippen LogP contribution in [0.3, 0.4) is 0 Å². The van der Waals surface area contributed by atoms with Crippen LogP contribution in [-0.4, -0.2) is 17.3 Å². The lowest BCUT2D eigenvalue weighted by Gasteiger charge is -2.28. The Bertz CT molecular complexity index is 291. The summed E-state index contributed by atoms with van der Waals surface area (Å²) < 4.78 is 0. The molecular weight excluding hydrogens is 222 g/mol. The van der Waals surface area contributed by atoms with Crippen molar-refractivity contribution in [3.8, 4) is 0 Å². The van der Waals surface area contributed by atoms with Gasteiger partial charge in [0.25, 0.3) is 0 Å². The average Bonchev–Trinajstić information content (AvgIpc) is 2.29. The van der Waals surface area contributed by atoms with E-state index in [0.29, 0.717) is 6.04 Å². The Morgan fingerprint density at radius 1 is 1.12 bits per heavy atom. The second-order valence-electron chi connectivity index (χ2n) is 4.32. The summed E-state index contributed by atoms with van der Waals surface area (Å²) in [5, 5.41) is 13.2. The zero-order valence-electron chi connectivity index (χ0n) is 9.43. The van der Waals surface area contributed by atoms with Crippen LogP contribution in [0.15, 0.2) is 30.3 Å². The second-order valence-corrected chi connectivity index (χ2v) is 4.32. The summed E-state index contributed by atoms with van der Waals surface area (Å²) in [6.45, 7) is 0.864. The summed E-state index contributed by atoms with van der Waals surface area (Å²) in [4.78, 5) is 0. The molecule has 2 rings (SSSR count). The largest absolute Gasteiger partial charge is 0.392 e. The molecule has 0 bridgehead atoms. The molecule has 1 saturated carbocycles. The lowest BCUT2D eigenvalue weighted by atomic mass is 9.92. The molecule has 90 valence electrons. The van der Waals surface area contributed by atoms with Crippen molar-refractivity contribution in [2.45, 2.75) is 44.4 Å². The first-order chi connectivity index (χ1) is 7.36. The van der Waals surface area contributed by atoms with Crippen molar-refractivity contribution < 1.29 is 5.11 Å². The van der Waals surface area contributed by atoms with Gasteiger partial charge in [-0.2, -0.15) is 0 Å². The summed E-state index contributed by atoms with van der Waals surface area (Å²) in [7, 11) is 0. The van der Waals surface area contributed by atoms with Gasteiger partial charge in [-0.3, -0.25) is 0 Å². The van der Waals surface area contributed by atoms with Crippen molar-refractivity contribution >= 4 is 12.4 Å². The molecule has 1 aliphatic carbocycles. The Morgan fingerprint density at radius 2 is 1.81 bits per heavy atom. The van der Waals surface area contributed by atoms with E-state index in [1.807, 2.05) is 18.2 Å². The molecule has 0 radical (unpaired) electrons. The maximum Gasteiger partial charge on any atom is 0.0693 e. The minimum Gasteiger partial charge on any atom is -0.392 e. The number of hydrogen-bond acceptors (Lipinski definition) is 2. The molecule has 0 heterocycles. The Balaban J connectivity index is 0.00000128. The summed E-state index contributed by atoms with van der Waals surface area (Å²) in [5.41, 5.74) is 1.29. The van der Waals surface area contributed by atoms with E-state index in [1.54, 1.807) is 0 Å². The first-order valence-electron chi connectivity index (χ1n) is 5.81. The maximum absolute atomic E-state index is 9.78. The molecule has 16 heavy (non-hydrogen) atoms. The SMILES string of the molecule is Cl.O[C@H]1CCCC[C@@H]1NCc1ccccc1. The van der Waals surface area contributed by atoms with Gasteiger partial charge in [0.1, 0.15) is 0 Å². The highest BCUT2D eigenvalue weighted by Crippen LogP contribution is 2.18. The number of halogens is 1. The smallest absolute Gasteiger partial charge is 0.0693 e. The molecule has 2 nitrogen and oxygen atoms in total. The van der Waals surface area contributed by atoms with Gasteiger partial charge in [-0.05, 0) is 18.4 Å². The molecule has 0 spiro atoms. The summed E-state index contributed by atoms with van der Waals surface area (Å²) in [5.74, 6) is 0. The van der Waals surface area contributed by atoms with Gasteiger partial charge in [0.15, 0.2) is 0 Å². The fraction of sp³-hybridized carbons (Fsp3) is 0.538. The molecule has 1 aliphatic rings. The third-order valence-electron chi connectivity index (χ3n) is 3.14. The number of nitrogens with one attached hydrogen (secondary N) is 1. The van der Waals surface area contributed by atoms with E-state index in [2.05, 4.69) is 17.4 Å². The molecule has 0 amide bonds. The molecule has 1 aromatic rings. The Hall–Kier alpha value is -0.570. The lowest BCUT2D eigenvalue weighted by Crippen LogP contribution is -2.41. The zero-order chi connectivity index (χ0) is 10.5. The van der Waals surface area contributed by atoms with Crippen LogP contribution in [-0.2, 0) is 6.54 Å². The zero-order valence-corrected chi connectivity index (χ0v) is 10.2. The number of rotatable bonds is 3. The highest BCUT2D eigenvalue weighted by atomic mass is 35.5. The lowest BCUT2D eigenvalue weighted by molar-refractivity contribution is 0.0902. The highest BCUT2D eigenvalue weighted by Gasteiger charge is 2.21. The van der Waals surface area contributed by atoms with Gasteiger partial charge in [0.05, 0.1) is 6.10 Å². The standard InChI is InChI=1S/C13H19NO.ClH/c15-13-9-5-4-8-12(13)14-10-11-6-2-1-3-7-11;/h1-3,6-7,12-15H,4-5,8-10H2;1H/t12-,13-;/m0./s1. The van der Waals surface area contributed by atoms with E-state index in [-0.39, 0.29) is 18.5 Å². The van der Waals surface area contributed by atoms with Crippen LogP contribution in [0.2, 0.25) is 0 Å². The molecule has 0 aromatic heterocycles. The third-order valence-corrected chi connectivity index (χ3v) is 3.14. The predicted molar refractivity (Wildman–Crippen MR) is 68.8 cm³/mol. The predicted octanol–water partition coefficient (Wildman–Crippen LogP) is 2.50. The minimum absolute atomic E-state index is 0. The van der Waals surface area contributed by atoms with Crippen LogP contribution >= 0.6 is 12.4 Å². The average molecular weight is 242 g/mol. The third kappa shape index (κ3) is 3.78. The summed E-state index contributed by atoms with van der Waals surface area (Å²) in [6.07, 6.45) is 4.32. The van der Waals surface area contributed by atoms with Crippen LogP contribution in [0.25, 0.3) is 0 Å². The monoisotopic (exact) mass is 241 g/mol. The van der Waals surface area contributed by atoms with Gasteiger partial charge in [-0.1, -0.05) is 43.2 Å². The van der Waals surface area contributed by atoms with Crippen molar-refractivity contribution in [3.63, 3.8) is 0 Å². The fourth-order valence-electron chi connectivity index (χ4n) is 2.19. The van der Waals surface area contributed by atoms with Crippen LogP contribution in [0.4, 0.5) is 0 Å². The molecule has 2 atom stereocenters.